The third-order valence-electron chi connectivity index (χ3n) is 4.16. The van der Waals surface area contributed by atoms with Crippen LogP contribution in [0.3, 0.4) is 0 Å². The smallest absolute Gasteiger partial charge is 0.236 e. The summed E-state index contributed by atoms with van der Waals surface area (Å²) >= 11 is 0. The molecule has 25 heavy (non-hydrogen) atoms. The molecule has 1 aromatic rings. The first-order chi connectivity index (χ1) is 11.6. The number of amides is 1. The van der Waals surface area contributed by atoms with E-state index in [-0.39, 0.29) is 24.4 Å². The zero-order valence-corrected chi connectivity index (χ0v) is 15.8. The van der Waals surface area contributed by atoms with Crippen LogP contribution in [0.1, 0.15) is 18.5 Å². The third kappa shape index (κ3) is 5.74. The summed E-state index contributed by atoms with van der Waals surface area (Å²) in [5.41, 5.74) is 6.70. The summed E-state index contributed by atoms with van der Waals surface area (Å²) in [5.74, 6) is 1.20. The molecule has 1 aliphatic heterocycles. The van der Waals surface area contributed by atoms with Crippen LogP contribution in [0, 0.1) is 0 Å². The van der Waals surface area contributed by atoms with Gasteiger partial charge in [-0.1, -0.05) is 6.07 Å². The summed E-state index contributed by atoms with van der Waals surface area (Å²) in [6, 6.07) is 5.34. The predicted molar refractivity (Wildman–Crippen MR) is 98.6 cm³/mol. The fraction of sp³-hybridized carbons (Fsp3) is 0.588. The van der Waals surface area contributed by atoms with Crippen molar-refractivity contribution in [2.24, 2.45) is 5.73 Å². The minimum absolute atomic E-state index is 0. The molecule has 3 N–H and O–H groups in total. The number of morpholine rings is 1. The minimum Gasteiger partial charge on any atom is -0.493 e. The van der Waals surface area contributed by atoms with Crippen molar-refractivity contribution in [1.82, 2.24) is 10.2 Å². The van der Waals surface area contributed by atoms with E-state index in [4.69, 9.17) is 19.9 Å². The number of hydrogen-bond donors (Lipinski definition) is 2. The number of nitrogens with zero attached hydrogens (tertiary/aromatic N) is 1. The number of nitrogens with two attached hydrogens (primary N) is 1. The summed E-state index contributed by atoms with van der Waals surface area (Å²) in [5, 5.41) is 2.93. The highest BCUT2D eigenvalue weighted by atomic mass is 35.5. The maximum absolute atomic E-state index is 11.9. The van der Waals surface area contributed by atoms with Gasteiger partial charge in [0, 0.05) is 19.6 Å². The fourth-order valence-corrected chi connectivity index (χ4v) is 2.77. The third-order valence-corrected chi connectivity index (χ3v) is 4.16. The molecule has 0 aliphatic carbocycles. The number of nitrogens with one attached hydrogen (secondary N) is 1. The van der Waals surface area contributed by atoms with Crippen LogP contribution >= 0.6 is 12.4 Å². The van der Waals surface area contributed by atoms with E-state index in [2.05, 4.69) is 10.2 Å². The summed E-state index contributed by atoms with van der Waals surface area (Å²) in [4.78, 5) is 14.2. The van der Waals surface area contributed by atoms with Crippen LogP contribution in [0.2, 0.25) is 0 Å². The molecule has 8 heteroatoms. The SMILES string of the molecule is COc1ccc(C(CNC(=O)C(C)N)N2CCOCC2)cc1OC.Cl. The Morgan fingerprint density at radius 1 is 1.28 bits per heavy atom. The summed E-state index contributed by atoms with van der Waals surface area (Å²) in [6.45, 7) is 5.15. The summed E-state index contributed by atoms with van der Waals surface area (Å²) in [7, 11) is 3.23. The van der Waals surface area contributed by atoms with Crippen molar-refractivity contribution in [3.63, 3.8) is 0 Å². The van der Waals surface area contributed by atoms with Crippen molar-refractivity contribution in [1.29, 1.82) is 0 Å². The van der Waals surface area contributed by atoms with Gasteiger partial charge in [-0.2, -0.15) is 0 Å². The van der Waals surface area contributed by atoms with E-state index in [0.717, 1.165) is 18.7 Å². The van der Waals surface area contributed by atoms with Gasteiger partial charge in [0.05, 0.1) is 39.5 Å². The Kier molecular flexibility index (Phi) is 8.99. The molecular weight excluding hydrogens is 346 g/mol. The fourth-order valence-electron chi connectivity index (χ4n) is 2.77. The molecule has 0 radical (unpaired) electrons. The Morgan fingerprint density at radius 3 is 2.48 bits per heavy atom. The maximum Gasteiger partial charge on any atom is 0.236 e. The first-order valence-electron chi connectivity index (χ1n) is 8.13. The molecule has 1 heterocycles. The van der Waals surface area contributed by atoms with Crippen LogP contribution in [0.5, 0.6) is 11.5 Å². The van der Waals surface area contributed by atoms with E-state index in [0.29, 0.717) is 31.3 Å². The molecule has 1 saturated heterocycles. The number of methoxy groups -OCH3 is 2. The summed E-state index contributed by atoms with van der Waals surface area (Å²) in [6.07, 6.45) is 0. The first-order valence-corrected chi connectivity index (χ1v) is 8.13. The van der Waals surface area contributed by atoms with Gasteiger partial charge in [0.2, 0.25) is 5.91 Å². The van der Waals surface area contributed by atoms with Gasteiger partial charge >= 0.3 is 0 Å². The molecule has 0 aromatic heterocycles. The minimum atomic E-state index is -0.527. The number of rotatable bonds is 7. The van der Waals surface area contributed by atoms with Crippen LogP contribution in [-0.4, -0.2) is 63.9 Å². The molecule has 0 spiro atoms. The van der Waals surface area contributed by atoms with Crippen molar-refractivity contribution in [3.8, 4) is 11.5 Å². The molecule has 1 aliphatic rings. The Bertz CT molecular complexity index is 551. The van der Waals surface area contributed by atoms with Gasteiger partial charge in [-0.25, -0.2) is 0 Å². The Labute approximate surface area is 155 Å². The lowest BCUT2D eigenvalue weighted by Gasteiger charge is -2.35. The first kappa shape index (κ1) is 21.5. The van der Waals surface area contributed by atoms with Gasteiger partial charge in [-0.3, -0.25) is 9.69 Å². The van der Waals surface area contributed by atoms with Gasteiger partial charge < -0.3 is 25.3 Å². The summed E-state index contributed by atoms with van der Waals surface area (Å²) < 4.78 is 16.1. The number of carbonyl (C=O) groups excluding carboxylic acids is 1. The lowest BCUT2D eigenvalue weighted by Crippen LogP contribution is -2.46. The molecule has 0 bridgehead atoms. The van der Waals surface area contributed by atoms with E-state index in [1.165, 1.54) is 0 Å². The molecule has 7 nitrogen and oxygen atoms in total. The quantitative estimate of drug-likeness (QED) is 0.740. The van der Waals surface area contributed by atoms with Crippen molar-refractivity contribution >= 4 is 18.3 Å². The highest BCUT2D eigenvalue weighted by Crippen LogP contribution is 2.32. The molecular formula is C17H28ClN3O4. The van der Waals surface area contributed by atoms with Crippen molar-refractivity contribution < 1.29 is 19.0 Å². The second-order valence-corrected chi connectivity index (χ2v) is 5.81. The number of hydrogen-bond acceptors (Lipinski definition) is 6. The van der Waals surface area contributed by atoms with Crippen LogP contribution < -0.4 is 20.5 Å². The van der Waals surface area contributed by atoms with Crippen molar-refractivity contribution in [2.45, 2.75) is 19.0 Å². The molecule has 1 fully saturated rings. The van der Waals surface area contributed by atoms with E-state index in [9.17, 15) is 4.79 Å². The van der Waals surface area contributed by atoms with Gasteiger partial charge in [0.25, 0.3) is 0 Å². The van der Waals surface area contributed by atoms with Crippen molar-refractivity contribution in [2.75, 3.05) is 47.1 Å². The zero-order valence-electron chi connectivity index (χ0n) is 15.0. The van der Waals surface area contributed by atoms with Crippen molar-refractivity contribution in [3.05, 3.63) is 23.8 Å². The Hall–Kier alpha value is -1.54. The Balaban J connectivity index is 0.00000312. The number of ether oxygens (including phenoxy) is 3. The van der Waals surface area contributed by atoms with Gasteiger partial charge in [-0.05, 0) is 24.6 Å². The zero-order chi connectivity index (χ0) is 17.5. The number of benzene rings is 1. The molecule has 142 valence electrons. The van der Waals surface area contributed by atoms with E-state index >= 15 is 0 Å². The number of halogens is 1. The maximum atomic E-state index is 11.9. The second-order valence-electron chi connectivity index (χ2n) is 5.81. The second kappa shape index (κ2) is 10.5. The standard InChI is InChI=1S/C17H27N3O4.ClH/c1-12(18)17(21)19-11-14(20-6-8-24-9-7-20)13-4-5-15(22-2)16(10-13)23-3;/h4-5,10,12,14H,6-9,11,18H2,1-3H3,(H,19,21);1H. The monoisotopic (exact) mass is 373 g/mol. The molecule has 2 rings (SSSR count). The highest BCUT2D eigenvalue weighted by Gasteiger charge is 2.24. The lowest BCUT2D eigenvalue weighted by atomic mass is 10.0. The van der Waals surface area contributed by atoms with Crippen LogP contribution in [0.15, 0.2) is 18.2 Å². The van der Waals surface area contributed by atoms with Crippen LogP contribution in [0.25, 0.3) is 0 Å². The van der Waals surface area contributed by atoms with E-state index in [1.807, 2.05) is 18.2 Å². The van der Waals surface area contributed by atoms with E-state index < -0.39 is 6.04 Å². The Morgan fingerprint density at radius 2 is 1.92 bits per heavy atom. The molecule has 2 unspecified atom stereocenters. The average Bonchev–Trinajstić information content (AvgIpc) is 2.62. The lowest BCUT2D eigenvalue weighted by molar-refractivity contribution is -0.122. The van der Waals surface area contributed by atoms with E-state index in [1.54, 1.807) is 21.1 Å². The van der Waals surface area contributed by atoms with Gasteiger partial charge in [0.1, 0.15) is 0 Å². The highest BCUT2D eigenvalue weighted by molar-refractivity contribution is 5.85. The van der Waals surface area contributed by atoms with Gasteiger partial charge in [0.15, 0.2) is 11.5 Å². The average molecular weight is 374 g/mol. The number of carbonyl (C=O) groups is 1. The largest absolute Gasteiger partial charge is 0.493 e. The topological polar surface area (TPSA) is 86.0 Å². The van der Waals surface area contributed by atoms with Gasteiger partial charge in [-0.15, -0.1) is 12.4 Å². The normalized spacial score (nSPS) is 17.1. The molecule has 1 amide bonds. The molecule has 2 atom stereocenters. The van der Waals surface area contributed by atoms with Crippen LogP contribution in [0.4, 0.5) is 0 Å². The predicted octanol–water partition coefficient (Wildman–Crippen LogP) is 0.962. The van der Waals surface area contributed by atoms with Crippen LogP contribution in [-0.2, 0) is 9.53 Å². The molecule has 1 aromatic carbocycles. The molecule has 0 saturated carbocycles.